The van der Waals surface area contributed by atoms with E-state index in [1.165, 1.54) is 49.9 Å². The third kappa shape index (κ3) is 3.73. The minimum atomic E-state index is -0.0645. The van der Waals surface area contributed by atoms with Crippen LogP contribution in [0.2, 0.25) is 0 Å². The number of aromatic amines is 1. The van der Waals surface area contributed by atoms with Crippen molar-refractivity contribution in [2.75, 3.05) is 13.1 Å². The molecule has 0 aromatic carbocycles. The Bertz CT molecular complexity index is 991. The van der Waals surface area contributed by atoms with E-state index in [0.29, 0.717) is 31.1 Å². The first-order valence-corrected chi connectivity index (χ1v) is 12.2. The predicted octanol–water partition coefficient (Wildman–Crippen LogP) is 3.81. The van der Waals surface area contributed by atoms with Crippen LogP contribution in [0, 0.1) is 6.92 Å². The fraction of sp³-hybridized carbons (Fsp3) is 0.609. The highest BCUT2D eigenvalue weighted by Gasteiger charge is 2.35. The van der Waals surface area contributed by atoms with Gasteiger partial charge in [0.25, 0.3) is 11.5 Å². The molecule has 7 heteroatoms. The molecule has 0 radical (unpaired) electrons. The molecule has 0 spiro atoms. The molecule has 2 aliphatic heterocycles. The topological polar surface area (TPSA) is 69.3 Å². The maximum Gasteiger partial charge on any atom is 0.264 e. The van der Waals surface area contributed by atoms with Gasteiger partial charge < -0.3 is 9.88 Å². The van der Waals surface area contributed by atoms with Gasteiger partial charge in [-0.05, 0) is 51.3 Å². The number of rotatable bonds is 3. The van der Waals surface area contributed by atoms with Gasteiger partial charge in [-0.15, -0.1) is 11.3 Å². The Balaban J connectivity index is 1.37. The molecule has 1 N–H and O–H groups in total. The molecule has 1 amide bonds. The first kappa shape index (κ1) is 19.9. The first-order valence-electron chi connectivity index (χ1n) is 11.3. The number of H-pyrrole nitrogens is 1. The first-order chi connectivity index (χ1) is 14.6. The zero-order valence-corrected chi connectivity index (χ0v) is 18.5. The van der Waals surface area contributed by atoms with Crippen LogP contribution in [-0.4, -0.2) is 44.8 Å². The van der Waals surface area contributed by atoms with Crippen molar-refractivity contribution in [1.82, 2.24) is 19.8 Å². The number of aromatic nitrogens is 2. The number of carbonyl (C=O) groups excluding carboxylic acids is 1. The lowest BCUT2D eigenvalue weighted by atomic mass is 9.93. The summed E-state index contributed by atoms with van der Waals surface area (Å²) < 4.78 is 0. The zero-order chi connectivity index (χ0) is 20.7. The van der Waals surface area contributed by atoms with Gasteiger partial charge in [-0.1, -0.05) is 19.3 Å². The number of fused-ring (bicyclic) bond motifs is 1. The third-order valence-corrected chi connectivity index (χ3v) is 7.97. The fourth-order valence-electron chi connectivity index (χ4n) is 5.41. The Morgan fingerprint density at radius 1 is 1.13 bits per heavy atom. The maximum absolute atomic E-state index is 13.0. The molecule has 30 heavy (non-hydrogen) atoms. The second-order valence-electron chi connectivity index (χ2n) is 8.95. The Morgan fingerprint density at radius 3 is 2.73 bits per heavy atom. The highest BCUT2D eigenvalue weighted by atomic mass is 32.1. The molecule has 2 fully saturated rings. The van der Waals surface area contributed by atoms with E-state index < -0.39 is 0 Å². The number of amides is 1. The minimum Gasteiger partial charge on any atom is -0.333 e. The summed E-state index contributed by atoms with van der Waals surface area (Å²) in [6.45, 7) is 4.09. The molecule has 160 valence electrons. The van der Waals surface area contributed by atoms with Crippen LogP contribution < -0.4 is 5.56 Å². The van der Waals surface area contributed by atoms with Crippen LogP contribution in [0.3, 0.4) is 0 Å². The Hall–Kier alpha value is -1.99. The van der Waals surface area contributed by atoms with Crippen molar-refractivity contribution in [2.24, 2.45) is 0 Å². The molecule has 2 aromatic heterocycles. The number of nitrogens with one attached hydrogen (secondary N) is 1. The summed E-state index contributed by atoms with van der Waals surface area (Å²) in [5.74, 6) is 0.858. The van der Waals surface area contributed by atoms with Gasteiger partial charge in [-0.3, -0.25) is 14.5 Å². The molecule has 1 saturated heterocycles. The minimum absolute atomic E-state index is 0.0153. The number of hydrogen-bond acceptors (Lipinski definition) is 5. The smallest absolute Gasteiger partial charge is 0.264 e. The summed E-state index contributed by atoms with van der Waals surface area (Å²) in [4.78, 5) is 40.1. The van der Waals surface area contributed by atoms with Crippen molar-refractivity contribution < 1.29 is 4.79 Å². The molecule has 3 aliphatic rings. The second kappa shape index (κ2) is 8.27. The number of carbonyl (C=O) groups is 1. The Morgan fingerprint density at radius 2 is 1.97 bits per heavy atom. The summed E-state index contributed by atoms with van der Waals surface area (Å²) in [5, 5.41) is 0. The van der Waals surface area contributed by atoms with Crippen molar-refractivity contribution in [3.8, 4) is 0 Å². The van der Waals surface area contributed by atoms with Crippen molar-refractivity contribution in [2.45, 2.75) is 76.9 Å². The number of nitrogens with zero attached hydrogens (tertiary/aromatic N) is 3. The van der Waals surface area contributed by atoms with Gasteiger partial charge in [0.1, 0.15) is 5.82 Å². The maximum atomic E-state index is 13.0. The van der Waals surface area contributed by atoms with E-state index in [9.17, 15) is 9.59 Å². The molecule has 6 nitrogen and oxygen atoms in total. The van der Waals surface area contributed by atoms with E-state index in [1.54, 1.807) is 4.90 Å². The van der Waals surface area contributed by atoms with Crippen LogP contribution in [-0.2, 0) is 13.0 Å². The van der Waals surface area contributed by atoms with Crippen LogP contribution in [0.25, 0.3) is 0 Å². The molecule has 0 bridgehead atoms. The largest absolute Gasteiger partial charge is 0.333 e. The summed E-state index contributed by atoms with van der Waals surface area (Å²) in [6.07, 6.45) is 9.41. The summed E-state index contributed by atoms with van der Waals surface area (Å²) >= 11 is 1.51. The molecule has 5 rings (SSSR count). The summed E-state index contributed by atoms with van der Waals surface area (Å²) in [7, 11) is 0. The number of hydrogen-bond donors (Lipinski definition) is 1. The molecular formula is C23H30N4O2S. The lowest BCUT2D eigenvalue weighted by molar-refractivity contribution is 0.0737. The number of likely N-dealkylation sites (tertiary alicyclic amines) is 1. The number of aryl methyl sites for hydroxylation is 1. The summed E-state index contributed by atoms with van der Waals surface area (Å²) in [6, 6.07) is 4.72. The molecule has 2 aromatic rings. The Kier molecular flexibility index (Phi) is 5.50. The van der Waals surface area contributed by atoms with E-state index in [0.717, 1.165) is 34.2 Å². The lowest BCUT2D eigenvalue weighted by Crippen LogP contribution is -2.41. The highest BCUT2D eigenvalue weighted by molar-refractivity contribution is 7.13. The van der Waals surface area contributed by atoms with Crippen molar-refractivity contribution >= 4 is 17.2 Å². The standard InChI is InChI=1S/C23H30N4O2S/c1-15-9-10-20(30-15)23(29)26-13-11-18-17(14-26)22(28)25-21(24-18)19-8-5-12-27(19)16-6-3-2-4-7-16/h9-10,16,19H,2-8,11-14H2,1H3,(H,24,25,28). The van der Waals surface area contributed by atoms with Crippen LogP contribution in [0.4, 0.5) is 0 Å². The van der Waals surface area contributed by atoms with E-state index >= 15 is 0 Å². The van der Waals surface area contributed by atoms with Gasteiger partial charge >= 0.3 is 0 Å². The third-order valence-electron chi connectivity index (χ3n) is 6.98. The lowest BCUT2D eigenvalue weighted by Gasteiger charge is -2.35. The predicted molar refractivity (Wildman–Crippen MR) is 118 cm³/mol. The van der Waals surface area contributed by atoms with Crippen LogP contribution in [0.15, 0.2) is 16.9 Å². The van der Waals surface area contributed by atoms with Crippen molar-refractivity contribution in [1.29, 1.82) is 0 Å². The highest BCUT2D eigenvalue weighted by Crippen LogP contribution is 2.36. The van der Waals surface area contributed by atoms with Gasteiger partial charge in [0.15, 0.2) is 0 Å². The monoisotopic (exact) mass is 426 g/mol. The fourth-order valence-corrected chi connectivity index (χ4v) is 6.25. The van der Waals surface area contributed by atoms with Gasteiger partial charge in [0.05, 0.1) is 28.7 Å². The molecule has 4 heterocycles. The van der Waals surface area contributed by atoms with Crippen LogP contribution in [0.5, 0.6) is 0 Å². The Labute approximate surface area is 181 Å². The summed E-state index contributed by atoms with van der Waals surface area (Å²) in [5.41, 5.74) is 1.48. The van der Waals surface area contributed by atoms with E-state index in [4.69, 9.17) is 4.98 Å². The zero-order valence-electron chi connectivity index (χ0n) is 17.7. The average Bonchev–Trinajstić information content (AvgIpc) is 3.43. The van der Waals surface area contributed by atoms with Crippen molar-refractivity contribution in [3.63, 3.8) is 0 Å². The number of thiophene rings is 1. The van der Waals surface area contributed by atoms with E-state index in [1.807, 2.05) is 19.1 Å². The molecular weight excluding hydrogens is 396 g/mol. The molecule has 1 saturated carbocycles. The van der Waals surface area contributed by atoms with Gasteiger partial charge in [0, 0.05) is 23.9 Å². The van der Waals surface area contributed by atoms with Crippen LogP contribution >= 0.6 is 11.3 Å². The van der Waals surface area contributed by atoms with E-state index in [2.05, 4.69) is 9.88 Å². The molecule has 1 unspecified atom stereocenters. The van der Waals surface area contributed by atoms with Crippen molar-refractivity contribution in [3.05, 3.63) is 49.3 Å². The van der Waals surface area contributed by atoms with Gasteiger partial charge in [-0.25, -0.2) is 4.98 Å². The van der Waals surface area contributed by atoms with Gasteiger partial charge in [-0.2, -0.15) is 0 Å². The molecule has 1 atom stereocenters. The quantitative estimate of drug-likeness (QED) is 0.810. The SMILES string of the molecule is Cc1ccc(C(=O)N2CCc3nc(C4CCCN4C4CCCCC4)[nH]c(=O)c3C2)s1. The molecule has 1 aliphatic carbocycles. The second-order valence-corrected chi connectivity index (χ2v) is 10.2. The normalized spacial score (nSPS) is 23.0. The van der Waals surface area contributed by atoms with E-state index in [-0.39, 0.29) is 17.5 Å². The average molecular weight is 427 g/mol. The van der Waals surface area contributed by atoms with Gasteiger partial charge in [0.2, 0.25) is 0 Å². The van der Waals surface area contributed by atoms with Crippen LogP contribution in [0.1, 0.15) is 82.6 Å².